The van der Waals surface area contributed by atoms with Gasteiger partial charge >= 0.3 is 6.03 Å². The van der Waals surface area contributed by atoms with Crippen molar-refractivity contribution in [3.05, 3.63) is 71.6 Å². The van der Waals surface area contributed by atoms with E-state index in [2.05, 4.69) is 50.8 Å². The van der Waals surface area contributed by atoms with Gasteiger partial charge < -0.3 is 15.1 Å². The van der Waals surface area contributed by atoms with E-state index in [9.17, 15) is 4.79 Å². The van der Waals surface area contributed by atoms with Crippen molar-refractivity contribution in [1.29, 1.82) is 0 Å². The van der Waals surface area contributed by atoms with Crippen molar-refractivity contribution >= 4 is 29.2 Å². The second-order valence-electron chi connectivity index (χ2n) is 9.24. The van der Waals surface area contributed by atoms with Gasteiger partial charge in [-0.25, -0.2) is 9.78 Å². The van der Waals surface area contributed by atoms with Crippen molar-refractivity contribution in [2.45, 2.75) is 27.3 Å². The number of nitrogens with one attached hydrogen (secondary N) is 1. The first-order valence-corrected chi connectivity index (χ1v) is 12.0. The van der Waals surface area contributed by atoms with Gasteiger partial charge in [0.05, 0.1) is 12.2 Å². The van der Waals surface area contributed by atoms with Crippen molar-refractivity contribution in [2.75, 3.05) is 55.4 Å². The molecule has 35 heavy (non-hydrogen) atoms. The lowest BCUT2D eigenvalue weighted by Crippen LogP contribution is -2.45. The second kappa shape index (κ2) is 10.3. The first kappa shape index (κ1) is 24.5. The van der Waals surface area contributed by atoms with E-state index in [1.165, 1.54) is 5.69 Å². The maximum Gasteiger partial charge on any atom is 0.330 e. The second-order valence-corrected chi connectivity index (χ2v) is 9.24. The fourth-order valence-electron chi connectivity index (χ4n) is 4.60. The Hall–Kier alpha value is -3.65. The fraction of sp³-hybridized carbons (Fsp3) is 0.370. The topological polar surface area (TPSA) is 67.8 Å². The van der Waals surface area contributed by atoms with Gasteiger partial charge in [-0.1, -0.05) is 18.7 Å². The molecule has 1 aromatic carbocycles. The Labute approximate surface area is 208 Å². The first-order chi connectivity index (χ1) is 16.8. The van der Waals surface area contributed by atoms with Gasteiger partial charge in [0.15, 0.2) is 0 Å². The minimum absolute atomic E-state index is 0.138. The number of piperazine rings is 1. The molecule has 2 amide bonds. The number of carbonyl (C=O) groups is 1. The van der Waals surface area contributed by atoms with Gasteiger partial charge in [-0.2, -0.15) is 4.98 Å². The van der Waals surface area contributed by atoms with Crippen molar-refractivity contribution in [3.63, 3.8) is 0 Å². The van der Waals surface area contributed by atoms with E-state index >= 15 is 0 Å². The minimum atomic E-state index is -0.138. The highest BCUT2D eigenvalue weighted by molar-refractivity contribution is 5.95. The summed E-state index contributed by atoms with van der Waals surface area (Å²) in [4.78, 5) is 30.6. The molecule has 3 heterocycles. The van der Waals surface area contributed by atoms with Crippen LogP contribution in [0.2, 0.25) is 0 Å². The van der Waals surface area contributed by atoms with Crippen LogP contribution in [-0.2, 0) is 6.54 Å². The number of anilines is 4. The zero-order valence-electron chi connectivity index (χ0n) is 21.4. The van der Waals surface area contributed by atoms with Crippen LogP contribution in [0.3, 0.4) is 0 Å². The quantitative estimate of drug-likeness (QED) is 0.610. The van der Waals surface area contributed by atoms with E-state index < -0.39 is 0 Å². The average Bonchev–Trinajstić information content (AvgIpc) is 2.84. The number of hydrogen-bond acceptors (Lipinski definition) is 6. The van der Waals surface area contributed by atoms with Crippen LogP contribution in [0.1, 0.15) is 26.3 Å². The van der Waals surface area contributed by atoms with Gasteiger partial charge in [-0.3, -0.25) is 9.80 Å². The molecule has 0 saturated carbocycles. The standard InChI is InChI=1S/C27H35N7O/c1-7-8-20(4)24(19(2)3)34-18-21-17-28-26(30-25(21)32(6)27(34)35)29-22-9-11-23(12-10-22)33-15-13-31(5)14-16-33/h7-12,17H,2,13-16,18H2,1,3-6H3,(H,28,29,30)/b8-7-,24-20+. The lowest BCUT2D eigenvalue weighted by atomic mass is 10.1. The minimum Gasteiger partial charge on any atom is -0.369 e. The summed E-state index contributed by atoms with van der Waals surface area (Å²) in [7, 11) is 3.91. The third kappa shape index (κ3) is 5.22. The largest absolute Gasteiger partial charge is 0.369 e. The number of urea groups is 1. The zero-order valence-corrected chi connectivity index (χ0v) is 21.4. The molecular weight excluding hydrogens is 438 g/mol. The molecule has 2 aliphatic heterocycles. The summed E-state index contributed by atoms with van der Waals surface area (Å²) < 4.78 is 0. The van der Waals surface area contributed by atoms with Crippen LogP contribution in [0, 0.1) is 0 Å². The average molecular weight is 474 g/mol. The predicted octanol–water partition coefficient (Wildman–Crippen LogP) is 4.77. The summed E-state index contributed by atoms with van der Waals surface area (Å²) in [6, 6.07) is 8.19. The van der Waals surface area contributed by atoms with E-state index in [1.807, 2.05) is 45.1 Å². The molecule has 8 nitrogen and oxygen atoms in total. The Morgan fingerprint density at radius 3 is 2.40 bits per heavy atom. The van der Waals surface area contributed by atoms with Crippen LogP contribution < -0.4 is 15.1 Å². The Balaban J connectivity index is 1.52. The van der Waals surface area contributed by atoms with Crippen LogP contribution >= 0.6 is 0 Å². The smallest absolute Gasteiger partial charge is 0.330 e. The molecule has 0 aliphatic carbocycles. The van der Waals surface area contributed by atoms with Gasteiger partial charge in [-0.05, 0) is 63.2 Å². The summed E-state index contributed by atoms with van der Waals surface area (Å²) in [5.74, 6) is 1.08. The lowest BCUT2D eigenvalue weighted by Gasteiger charge is -2.36. The third-order valence-corrected chi connectivity index (χ3v) is 6.46. The van der Waals surface area contributed by atoms with Crippen molar-refractivity contribution in [3.8, 4) is 0 Å². The molecule has 1 fully saturated rings. The zero-order chi connectivity index (χ0) is 25.1. The molecule has 0 atom stereocenters. The third-order valence-electron chi connectivity index (χ3n) is 6.46. The van der Waals surface area contributed by atoms with Gasteiger partial charge in [-0.15, -0.1) is 0 Å². The van der Waals surface area contributed by atoms with Crippen LogP contribution in [0.25, 0.3) is 0 Å². The van der Waals surface area contributed by atoms with E-state index in [4.69, 9.17) is 0 Å². The highest BCUT2D eigenvalue weighted by atomic mass is 16.2. The number of rotatable bonds is 6. The number of amides is 2. The molecule has 1 N–H and O–H groups in total. The van der Waals surface area contributed by atoms with Crippen LogP contribution in [0.15, 0.2) is 66.0 Å². The normalized spacial score (nSPS) is 17.5. The summed E-state index contributed by atoms with van der Waals surface area (Å²) in [6.07, 6.45) is 5.74. The van der Waals surface area contributed by atoms with Crippen molar-refractivity contribution < 1.29 is 4.79 Å². The molecule has 2 aromatic rings. The lowest BCUT2D eigenvalue weighted by molar-refractivity contribution is 0.214. The molecule has 0 spiro atoms. The van der Waals surface area contributed by atoms with E-state index in [-0.39, 0.29) is 6.03 Å². The Morgan fingerprint density at radius 1 is 1.09 bits per heavy atom. The van der Waals surface area contributed by atoms with Crippen molar-refractivity contribution in [2.24, 2.45) is 0 Å². The van der Waals surface area contributed by atoms with Gasteiger partial charge in [0.25, 0.3) is 0 Å². The SMILES string of the molecule is C=C(C)/C(=C(C)\C=C/C)N1Cc2cnc(Nc3ccc(N4CCN(C)CC4)cc3)nc2N(C)C1=O. The van der Waals surface area contributed by atoms with Crippen LogP contribution in [0.5, 0.6) is 0 Å². The Kier molecular flexibility index (Phi) is 7.21. The number of carbonyl (C=O) groups excluding carboxylic acids is 1. The summed E-state index contributed by atoms with van der Waals surface area (Å²) in [6.45, 7) is 14.6. The molecule has 4 rings (SSSR count). The Morgan fingerprint density at radius 2 is 1.77 bits per heavy atom. The van der Waals surface area contributed by atoms with E-state index in [0.717, 1.165) is 54.3 Å². The monoisotopic (exact) mass is 473 g/mol. The number of hydrogen-bond donors (Lipinski definition) is 1. The van der Waals surface area contributed by atoms with Crippen LogP contribution in [-0.4, -0.2) is 66.1 Å². The molecule has 0 bridgehead atoms. The first-order valence-electron chi connectivity index (χ1n) is 12.0. The number of benzene rings is 1. The van der Waals surface area contributed by atoms with Gasteiger partial charge in [0, 0.05) is 56.4 Å². The number of nitrogens with zero attached hydrogens (tertiary/aromatic N) is 6. The molecular formula is C27H35N7O. The fourth-order valence-corrected chi connectivity index (χ4v) is 4.60. The summed E-state index contributed by atoms with van der Waals surface area (Å²) in [5.41, 5.74) is 5.66. The molecule has 1 saturated heterocycles. The van der Waals surface area contributed by atoms with Gasteiger partial charge in [0.2, 0.25) is 5.95 Å². The molecule has 8 heteroatoms. The van der Waals surface area contributed by atoms with E-state index in [0.29, 0.717) is 18.3 Å². The highest BCUT2D eigenvalue weighted by Crippen LogP contribution is 2.32. The predicted molar refractivity (Wildman–Crippen MR) is 143 cm³/mol. The molecule has 1 aromatic heterocycles. The Bertz CT molecular complexity index is 1160. The molecule has 0 radical (unpaired) electrons. The molecule has 184 valence electrons. The van der Waals surface area contributed by atoms with Crippen LogP contribution in [0.4, 0.5) is 27.9 Å². The maximum absolute atomic E-state index is 13.3. The highest BCUT2D eigenvalue weighted by Gasteiger charge is 2.32. The number of allylic oxidation sites excluding steroid dienone is 4. The number of fused-ring (bicyclic) bond motifs is 1. The number of aromatic nitrogens is 2. The summed E-state index contributed by atoms with van der Waals surface area (Å²) >= 11 is 0. The van der Waals surface area contributed by atoms with Gasteiger partial charge in [0.1, 0.15) is 5.82 Å². The maximum atomic E-state index is 13.3. The van der Waals surface area contributed by atoms with E-state index in [1.54, 1.807) is 23.0 Å². The molecule has 0 unspecified atom stereocenters. The number of likely N-dealkylation sites (N-methyl/N-ethyl adjacent to an activating group) is 1. The molecule has 2 aliphatic rings. The summed E-state index contributed by atoms with van der Waals surface area (Å²) in [5, 5.41) is 3.28. The van der Waals surface area contributed by atoms with Crippen molar-refractivity contribution in [1.82, 2.24) is 19.8 Å².